The summed E-state index contributed by atoms with van der Waals surface area (Å²) >= 11 is 0. The molecule has 0 bridgehead atoms. The van der Waals surface area contributed by atoms with Crippen LogP contribution in [0.5, 0.6) is 0 Å². The summed E-state index contributed by atoms with van der Waals surface area (Å²) in [7, 11) is 1.51. The Hall–Kier alpha value is -1.62. The maximum atomic E-state index is 11.6. The predicted octanol–water partition coefficient (Wildman–Crippen LogP) is 0.769. The fourth-order valence-electron chi connectivity index (χ4n) is 1.49. The second-order valence-corrected chi connectivity index (χ2v) is 3.50. The van der Waals surface area contributed by atoms with Crippen molar-refractivity contribution in [1.29, 1.82) is 0 Å². The van der Waals surface area contributed by atoms with Crippen molar-refractivity contribution >= 4 is 17.4 Å². The Morgan fingerprint density at radius 1 is 1.60 bits per heavy atom. The lowest BCUT2D eigenvalue weighted by molar-refractivity contribution is -0.124. The summed E-state index contributed by atoms with van der Waals surface area (Å²) < 4.78 is 5.04. The number of ether oxygens (including phenoxy) is 1. The van der Waals surface area contributed by atoms with Crippen molar-refractivity contribution in [1.82, 2.24) is 4.98 Å². The molecule has 0 saturated carbocycles. The highest BCUT2D eigenvalue weighted by atomic mass is 16.5. The molecule has 0 fully saturated rings. The second kappa shape index (κ2) is 3.86. The molecule has 1 aromatic rings. The molecule has 0 radical (unpaired) electrons. The van der Waals surface area contributed by atoms with Gasteiger partial charge in [0.05, 0.1) is 12.2 Å². The van der Waals surface area contributed by atoms with Crippen molar-refractivity contribution in [3.05, 3.63) is 17.8 Å². The zero-order valence-electron chi connectivity index (χ0n) is 8.70. The zero-order chi connectivity index (χ0) is 10.8. The number of carbonyl (C=O) groups is 1. The molecule has 0 aliphatic carbocycles. The van der Waals surface area contributed by atoms with Gasteiger partial charge in [0, 0.05) is 13.3 Å². The largest absolute Gasteiger partial charge is 0.370 e. The van der Waals surface area contributed by atoms with Crippen molar-refractivity contribution in [3.8, 4) is 0 Å². The number of hydrogen-bond acceptors (Lipinski definition) is 4. The van der Waals surface area contributed by atoms with E-state index in [1.807, 2.05) is 13.0 Å². The van der Waals surface area contributed by atoms with Crippen molar-refractivity contribution < 1.29 is 9.53 Å². The van der Waals surface area contributed by atoms with Gasteiger partial charge in [-0.3, -0.25) is 4.79 Å². The predicted molar refractivity (Wildman–Crippen MR) is 56.9 cm³/mol. The molecule has 2 rings (SSSR count). The Kier molecular flexibility index (Phi) is 2.55. The first kappa shape index (κ1) is 9.92. The van der Waals surface area contributed by atoms with Gasteiger partial charge >= 0.3 is 0 Å². The number of carbonyl (C=O) groups excluding carboxylic acids is 1. The molecule has 0 saturated heterocycles. The number of methoxy groups -OCH3 is 1. The third kappa shape index (κ3) is 1.92. The van der Waals surface area contributed by atoms with E-state index < -0.39 is 6.10 Å². The van der Waals surface area contributed by atoms with Crippen molar-refractivity contribution in [2.24, 2.45) is 0 Å². The molecule has 0 spiro atoms. The van der Waals surface area contributed by atoms with Crippen molar-refractivity contribution in [3.63, 3.8) is 0 Å². The monoisotopic (exact) mass is 207 g/mol. The van der Waals surface area contributed by atoms with Gasteiger partial charge in [-0.1, -0.05) is 0 Å². The summed E-state index contributed by atoms with van der Waals surface area (Å²) in [5, 5.41) is 5.84. The summed E-state index contributed by atoms with van der Waals surface area (Å²) in [6, 6.07) is 1.88. The summed E-state index contributed by atoms with van der Waals surface area (Å²) in [6.45, 7) is 2.36. The van der Waals surface area contributed by atoms with Gasteiger partial charge in [0.2, 0.25) is 0 Å². The van der Waals surface area contributed by atoms with E-state index in [0.29, 0.717) is 18.1 Å². The third-order valence-corrected chi connectivity index (χ3v) is 2.31. The molecular weight excluding hydrogens is 194 g/mol. The van der Waals surface area contributed by atoms with Crippen LogP contribution < -0.4 is 10.6 Å². The van der Waals surface area contributed by atoms with Crippen LogP contribution in [0.4, 0.5) is 11.5 Å². The SMILES string of the molecule is COC1CNc2ncc(C)cc2NC1=O. The maximum Gasteiger partial charge on any atom is 0.255 e. The van der Waals surface area contributed by atoms with Gasteiger partial charge in [-0.25, -0.2) is 4.98 Å². The van der Waals surface area contributed by atoms with Gasteiger partial charge in [-0.15, -0.1) is 0 Å². The molecule has 1 unspecified atom stereocenters. The molecule has 1 atom stereocenters. The van der Waals surface area contributed by atoms with Crippen LogP contribution in [-0.4, -0.2) is 30.6 Å². The van der Waals surface area contributed by atoms with Crippen LogP contribution in [0.3, 0.4) is 0 Å². The van der Waals surface area contributed by atoms with E-state index in [-0.39, 0.29) is 5.91 Å². The summed E-state index contributed by atoms with van der Waals surface area (Å²) in [5.41, 5.74) is 1.71. The lowest BCUT2D eigenvalue weighted by atomic mass is 10.3. The number of nitrogens with zero attached hydrogens (tertiary/aromatic N) is 1. The Morgan fingerprint density at radius 3 is 3.13 bits per heavy atom. The quantitative estimate of drug-likeness (QED) is 0.714. The van der Waals surface area contributed by atoms with E-state index in [4.69, 9.17) is 4.74 Å². The van der Waals surface area contributed by atoms with Crippen LogP contribution in [0, 0.1) is 6.92 Å². The van der Waals surface area contributed by atoms with Gasteiger partial charge in [-0.05, 0) is 18.6 Å². The van der Waals surface area contributed by atoms with Crippen LogP contribution in [0.25, 0.3) is 0 Å². The van der Waals surface area contributed by atoms with E-state index >= 15 is 0 Å². The van der Waals surface area contributed by atoms with Gasteiger partial charge in [0.1, 0.15) is 5.82 Å². The molecule has 1 aliphatic rings. The fourth-order valence-corrected chi connectivity index (χ4v) is 1.49. The Bertz CT molecular complexity index is 392. The lowest BCUT2D eigenvalue weighted by Gasteiger charge is -2.09. The molecule has 2 heterocycles. The Balaban J connectivity index is 2.31. The fraction of sp³-hybridized carbons (Fsp3) is 0.400. The van der Waals surface area contributed by atoms with E-state index in [1.165, 1.54) is 7.11 Å². The first-order valence-corrected chi connectivity index (χ1v) is 4.75. The molecule has 0 aromatic carbocycles. The van der Waals surface area contributed by atoms with Gasteiger partial charge in [0.25, 0.3) is 5.91 Å². The summed E-state index contributed by atoms with van der Waals surface area (Å²) in [6.07, 6.45) is 1.28. The molecule has 1 aromatic heterocycles. The standard InChI is InChI=1S/C10H13N3O2/c1-6-3-7-9(11-4-6)12-5-8(15-2)10(14)13-7/h3-4,8H,5H2,1-2H3,(H,11,12)(H,13,14). The van der Waals surface area contributed by atoms with E-state index in [1.54, 1.807) is 6.20 Å². The maximum absolute atomic E-state index is 11.6. The van der Waals surface area contributed by atoms with Crippen molar-refractivity contribution in [2.45, 2.75) is 13.0 Å². The number of pyridine rings is 1. The molecule has 15 heavy (non-hydrogen) atoms. The minimum absolute atomic E-state index is 0.142. The van der Waals surface area contributed by atoms with Crippen LogP contribution in [0.2, 0.25) is 0 Å². The normalized spacial score (nSPS) is 19.9. The summed E-state index contributed by atoms with van der Waals surface area (Å²) in [4.78, 5) is 15.8. The third-order valence-electron chi connectivity index (χ3n) is 2.31. The molecule has 80 valence electrons. The average Bonchev–Trinajstić information content (AvgIpc) is 2.35. The first-order valence-electron chi connectivity index (χ1n) is 4.75. The van der Waals surface area contributed by atoms with Gasteiger partial charge < -0.3 is 15.4 Å². The average molecular weight is 207 g/mol. The number of rotatable bonds is 1. The number of anilines is 2. The molecule has 2 N–H and O–H groups in total. The van der Waals surface area contributed by atoms with Crippen LogP contribution in [0.15, 0.2) is 12.3 Å². The number of aryl methyl sites for hydroxylation is 1. The lowest BCUT2D eigenvalue weighted by Crippen LogP contribution is -2.32. The second-order valence-electron chi connectivity index (χ2n) is 3.50. The molecule has 5 nitrogen and oxygen atoms in total. The first-order chi connectivity index (χ1) is 7.20. The van der Waals surface area contributed by atoms with E-state index in [9.17, 15) is 4.79 Å². The summed E-state index contributed by atoms with van der Waals surface area (Å²) in [5.74, 6) is 0.546. The highest BCUT2D eigenvalue weighted by Crippen LogP contribution is 2.22. The van der Waals surface area contributed by atoms with Gasteiger partial charge in [-0.2, -0.15) is 0 Å². The zero-order valence-corrected chi connectivity index (χ0v) is 8.70. The van der Waals surface area contributed by atoms with Crippen LogP contribution >= 0.6 is 0 Å². The molecular formula is C10H13N3O2. The highest BCUT2D eigenvalue weighted by molar-refractivity contribution is 5.98. The van der Waals surface area contributed by atoms with Gasteiger partial charge in [0.15, 0.2) is 6.10 Å². The Labute approximate surface area is 87.8 Å². The molecule has 5 heteroatoms. The van der Waals surface area contributed by atoms with Crippen molar-refractivity contribution in [2.75, 3.05) is 24.3 Å². The topological polar surface area (TPSA) is 63.2 Å². The highest BCUT2D eigenvalue weighted by Gasteiger charge is 2.23. The number of nitrogens with one attached hydrogen (secondary N) is 2. The number of aromatic nitrogens is 1. The number of fused-ring (bicyclic) bond motifs is 1. The number of amides is 1. The van der Waals surface area contributed by atoms with Crippen LogP contribution in [0.1, 0.15) is 5.56 Å². The van der Waals surface area contributed by atoms with E-state index in [0.717, 1.165) is 5.56 Å². The van der Waals surface area contributed by atoms with E-state index in [2.05, 4.69) is 15.6 Å². The van der Waals surface area contributed by atoms with Crippen LogP contribution in [-0.2, 0) is 9.53 Å². The molecule has 1 amide bonds. The number of hydrogen-bond donors (Lipinski definition) is 2. The smallest absolute Gasteiger partial charge is 0.255 e. The Morgan fingerprint density at radius 2 is 2.40 bits per heavy atom. The minimum Gasteiger partial charge on any atom is -0.370 e. The molecule has 1 aliphatic heterocycles. The minimum atomic E-state index is -0.473.